The molecule has 4 rings (SSSR count). The summed E-state index contributed by atoms with van der Waals surface area (Å²) in [5.41, 5.74) is -0.206. The minimum atomic E-state index is -1.29. The maximum Gasteiger partial charge on any atom is 0.335 e. The summed E-state index contributed by atoms with van der Waals surface area (Å²) < 4.78 is 29.1. The van der Waals surface area contributed by atoms with E-state index in [1.54, 1.807) is 0 Å². The quantitative estimate of drug-likeness (QED) is 0.553. The van der Waals surface area contributed by atoms with Crippen LogP contribution in [0.25, 0.3) is 0 Å². The Balaban J connectivity index is 1.39. The molecule has 0 aliphatic heterocycles. The van der Waals surface area contributed by atoms with Gasteiger partial charge in [-0.3, -0.25) is 0 Å². The zero-order valence-corrected chi connectivity index (χ0v) is 17.1. The Kier molecular flexibility index (Phi) is 6.08. The van der Waals surface area contributed by atoms with Crippen LogP contribution in [0.5, 0.6) is 0 Å². The first-order valence-corrected chi connectivity index (χ1v) is 11.3. The number of carboxylic acid groups (broad SMARTS) is 1. The first kappa shape index (κ1) is 20.6. The van der Waals surface area contributed by atoms with E-state index in [9.17, 15) is 13.6 Å². The second-order valence-corrected chi connectivity index (χ2v) is 9.67. The van der Waals surface area contributed by atoms with Crippen molar-refractivity contribution in [3.63, 3.8) is 0 Å². The SMILES string of the molecule is C=CC1CCC([C@H]2CC[C@@H]3CC(c4c(F)cc(C(=O)O)cc4F)CC[C@H]3C2)CC1. The molecule has 3 saturated carbocycles. The molecule has 2 nitrogen and oxygen atoms in total. The normalized spacial score (nSPS) is 35.0. The molecule has 0 heterocycles. The standard InChI is InChI=1S/C25H32F2O2/c1-2-15-3-5-16(6-4-15)17-7-8-19-12-20(10-9-18(19)11-17)24-22(26)13-21(25(28)29)14-23(24)27/h2,13-20H,1,3-12H2,(H,28,29)/t15?,16?,17-,18-,19+,20?/m0/s1. The lowest BCUT2D eigenvalue weighted by Crippen LogP contribution is -2.34. The molecule has 4 heteroatoms. The van der Waals surface area contributed by atoms with Crippen molar-refractivity contribution in [1.29, 1.82) is 0 Å². The number of aromatic carboxylic acids is 1. The molecule has 0 bridgehead atoms. The smallest absolute Gasteiger partial charge is 0.335 e. The van der Waals surface area contributed by atoms with Crippen LogP contribution in [0.4, 0.5) is 8.78 Å². The number of hydrogen-bond acceptors (Lipinski definition) is 1. The van der Waals surface area contributed by atoms with Crippen molar-refractivity contribution in [2.75, 3.05) is 0 Å². The van der Waals surface area contributed by atoms with Crippen LogP contribution in [0.1, 0.15) is 86.0 Å². The number of rotatable bonds is 4. The second-order valence-electron chi connectivity index (χ2n) is 9.67. The maximum absolute atomic E-state index is 14.5. The predicted octanol–water partition coefficient (Wildman–Crippen LogP) is 6.96. The van der Waals surface area contributed by atoms with E-state index in [-0.39, 0.29) is 17.0 Å². The Morgan fingerprint density at radius 2 is 1.38 bits per heavy atom. The summed E-state index contributed by atoms with van der Waals surface area (Å²) in [4.78, 5) is 11.0. The predicted molar refractivity (Wildman–Crippen MR) is 110 cm³/mol. The fraction of sp³-hybridized carbons (Fsp3) is 0.640. The summed E-state index contributed by atoms with van der Waals surface area (Å²) in [6, 6.07) is 1.95. The lowest BCUT2D eigenvalue weighted by Gasteiger charge is -2.45. The van der Waals surface area contributed by atoms with Crippen LogP contribution in [0.15, 0.2) is 24.8 Å². The van der Waals surface area contributed by atoms with E-state index in [1.165, 1.54) is 44.9 Å². The minimum absolute atomic E-state index is 0.110. The van der Waals surface area contributed by atoms with Crippen molar-refractivity contribution < 1.29 is 18.7 Å². The van der Waals surface area contributed by atoms with Gasteiger partial charge in [-0.05, 0) is 112 Å². The molecule has 1 aromatic rings. The molecule has 3 aliphatic carbocycles. The van der Waals surface area contributed by atoms with E-state index in [0.29, 0.717) is 17.8 Å². The molecule has 1 unspecified atom stereocenters. The molecule has 3 aliphatic rings. The highest BCUT2D eigenvalue weighted by molar-refractivity contribution is 5.87. The molecule has 0 saturated heterocycles. The number of carboxylic acids is 1. The van der Waals surface area contributed by atoms with Crippen LogP contribution in [0.2, 0.25) is 0 Å². The highest BCUT2D eigenvalue weighted by Gasteiger charge is 2.40. The largest absolute Gasteiger partial charge is 0.478 e. The molecule has 29 heavy (non-hydrogen) atoms. The van der Waals surface area contributed by atoms with Gasteiger partial charge in [0.15, 0.2) is 0 Å². The lowest BCUT2D eigenvalue weighted by molar-refractivity contribution is 0.0694. The third kappa shape index (κ3) is 4.27. The first-order chi connectivity index (χ1) is 14.0. The van der Waals surface area contributed by atoms with Crippen molar-refractivity contribution in [3.05, 3.63) is 47.5 Å². The van der Waals surface area contributed by atoms with Crippen LogP contribution in [0.3, 0.4) is 0 Å². The van der Waals surface area contributed by atoms with Crippen LogP contribution in [-0.2, 0) is 0 Å². The molecule has 0 radical (unpaired) electrons. The Morgan fingerprint density at radius 3 is 1.97 bits per heavy atom. The van der Waals surface area contributed by atoms with Gasteiger partial charge in [-0.15, -0.1) is 6.58 Å². The number of fused-ring (bicyclic) bond motifs is 1. The summed E-state index contributed by atoms with van der Waals surface area (Å²) in [6.07, 6.45) is 13.7. The van der Waals surface area contributed by atoms with Crippen LogP contribution >= 0.6 is 0 Å². The van der Waals surface area contributed by atoms with E-state index in [0.717, 1.165) is 43.2 Å². The van der Waals surface area contributed by atoms with Crippen LogP contribution < -0.4 is 0 Å². The first-order valence-electron chi connectivity index (χ1n) is 11.3. The third-order valence-corrected chi connectivity index (χ3v) is 8.20. The van der Waals surface area contributed by atoms with Gasteiger partial charge >= 0.3 is 5.97 Å². The van der Waals surface area contributed by atoms with Crippen molar-refractivity contribution in [2.45, 2.75) is 70.1 Å². The minimum Gasteiger partial charge on any atom is -0.478 e. The summed E-state index contributed by atoms with van der Waals surface area (Å²) in [7, 11) is 0. The molecule has 0 aromatic heterocycles. The lowest BCUT2D eigenvalue weighted by atomic mass is 9.60. The summed E-state index contributed by atoms with van der Waals surface area (Å²) in [5.74, 6) is 0.800. The molecular weight excluding hydrogens is 370 g/mol. The average molecular weight is 403 g/mol. The van der Waals surface area contributed by atoms with Crippen molar-refractivity contribution in [3.8, 4) is 0 Å². The highest BCUT2D eigenvalue weighted by Crippen LogP contribution is 2.51. The fourth-order valence-corrected chi connectivity index (χ4v) is 6.57. The third-order valence-electron chi connectivity index (χ3n) is 8.20. The van der Waals surface area contributed by atoms with Crippen molar-refractivity contribution >= 4 is 5.97 Å². The molecule has 0 amide bonds. The number of hydrogen-bond donors (Lipinski definition) is 1. The van der Waals surface area contributed by atoms with Gasteiger partial charge in [0.05, 0.1) is 5.56 Å². The number of carbonyl (C=O) groups is 1. The van der Waals surface area contributed by atoms with E-state index < -0.39 is 17.6 Å². The van der Waals surface area contributed by atoms with Gasteiger partial charge in [0.1, 0.15) is 11.6 Å². The molecule has 158 valence electrons. The average Bonchev–Trinajstić information content (AvgIpc) is 2.72. The number of halogens is 2. The molecule has 0 spiro atoms. The Labute approximate surface area is 172 Å². The van der Waals surface area contributed by atoms with Crippen LogP contribution in [0, 0.1) is 41.2 Å². The summed E-state index contributed by atoms with van der Waals surface area (Å²) >= 11 is 0. The summed E-state index contributed by atoms with van der Waals surface area (Å²) in [5, 5.41) is 9.01. The molecule has 1 aromatic carbocycles. The highest BCUT2D eigenvalue weighted by atomic mass is 19.1. The fourth-order valence-electron chi connectivity index (χ4n) is 6.57. The maximum atomic E-state index is 14.5. The molecule has 3 fully saturated rings. The Bertz CT molecular complexity index is 743. The molecular formula is C25H32F2O2. The second kappa shape index (κ2) is 8.57. The number of allylic oxidation sites excluding steroid dienone is 1. The van der Waals surface area contributed by atoms with Gasteiger partial charge in [-0.1, -0.05) is 6.08 Å². The zero-order chi connectivity index (χ0) is 20.5. The van der Waals surface area contributed by atoms with Crippen molar-refractivity contribution in [1.82, 2.24) is 0 Å². The Hall–Kier alpha value is -1.71. The summed E-state index contributed by atoms with van der Waals surface area (Å²) in [6.45, 7) is 3.95. The number of benzene rings is 1. The van der Waals surface area contributed by atoms with Crippen molar-refractivity contribution in [2.24, 2.45) is 29.6 Å². The van der Waals surface area contributed by atoms with Gasteiger partial charge < -0.3 is 5.11 Å². The van der Waals surface area contributed by atoms with E-state index >= 15 is 0 Å². The molecule has 1 N–H and O–H groups in total. The zero-order valence-electron chi connectivity index (χ0n) is 17.1. The van der Waals surface area contributed by atoms with E-state index in [1.807, 2.05) is 0 Å². The Morgan fingerprint density at radius 1 is 0.862 bits per heavy atom. The van der Waals surface area contributed by atoms with E-state index in [2.05, 4.69) is 12.7 Å². The monoisotopic (exact) mass is 402 g/mol. The van der Waals surface area contributed by atoms with Gasteiger partial charge in [-0.25, -0.2) is 13.6 Å². The van der Waals surface area contributed by atoms with Crippen LogP contribution in [-0.4, -0.2) is 11.1 Å². The van der Waals surface area contributed by atoms with Gasteiger partial charge in [0, 0.05) is 5.56 Å². The van der Waals surface area contributed by atoms with Gasteiger partial charge in [0.25, 0.3) is 0 Å². The molecule has 4 atom stereocenters. The van der Waals surface area contributed by atoms with Gasteiger partial charge in [-0.2, -0.15) is 0 Å². The van der Waals surface area contributed by atoms with E-state index in [4.69, 9.17) is 5.11 Å². The topological polar surface area (TPSA) is 37.3 Å². The van der Waals surface area contributed by atoms with Gasteiger partial charge in [0.2, 0.25) is 0 Å².